The standard InChI is InChI=1S/C39H21NO/c1-3-16-32-28(14-1)39(29-15-2-4-17-33(29)41-32)30-20-18-22-8-5-10-24-26-12-7-13-27-25-11-6-9-23-19-21-31(39)38(35(23)25)40(36(26)27)37(30)34(22)24/h1-21H. The molecule has 7 aromatic carbocycles. The molecular weight excluding hydrogens is 498 g/mol. The van der Waals surface area contributed by atoms with Crippen LogP contribution in [-0.2, 0) is 5.41 Å². The van der Waals surface area contributed by atoms with Gasteiger partial charge in [0, 0.05) is 33.0 Å². The van der Waals surface area contributed by atoms with Crippen molar-refractivity contribution in [1.29, 1.82) is 0 Å². The van der Waals surface area contributed by atoms with Crippen LogP contribution in [0.2, 0.25) is 0 Å². The molecule has 0 fully saturated rings. The lowest BCUT2D eigenvalue weighted by Crippen LogP contribution is -2.41. The van der Waals surface area contributed by atoms with Crippen LogP contribution in [0.3, 0.4) is 0 Å². The van der Waals surface area contributed by atoms with E-state index in [1.807, 2.05) is 0 Å². The van der Waals surface area contributed by atoms with E-state index in [0.29, 0.717) is 0 Å². The summed E-state index contributed by atoms with van der Waals surface area (Å²) in [5.74, 6) is 1.85. The van der Waals surface area contributed by atoms with E-state index in [0.717, 1.165) is 11.5 Å². The first-order valence-corrected chi connectivity index (χ1v) is 14.3. The summed E-state index contributed by atoms with van der Waals surface area (Å²) in [6.07, 6.45) is 0. The van der Waals surface area contributed by atoms with E-state index in [1.165, 1.54) is 83.1 Å². The second kappa shape index (κ2) is 6.68. The van der Waals surface area contributed by atoms with Crippen molar-refractivity contribution in [3.63, 3.8) is 0 Å². The maximum absolute atomic E-state index is 6.63. The van der Waals surface area contributed by atoms with Gasteiger partial charge in [0.25, 0.3) is 0 Å². The van der Waals surface area contributed by atoms with Crippen LogP contribution in [0.4, 0.5) is 17.1 Å². The number of fused-ring (bicyclic) bond motifs is 8. The van der Waals surface area contributed by atoms with Crippen LogP contribution in [0.5, 0.6) is 11.5 Å². The fraction of sp³-hybridized carbons (Fsp3) is 0.0256. The van der Waals surface area contributed by atoms with E-state index in [-0.39, 0.29) is 0 Å². The van der Waals surface area contributed by atoms with E-state index in [4.69, 9.17) is 4.74 Å². The lowest BCUT2D eigenvalue weighted by Gasteiger charge is -2.52. The summed E-state index contributed by atoms with van der Waals surface area (Å²) in [4.78, 5) is 2.62. The van der Waals surface area contributed by atoms with Gasteiger partial charge in [-0.1, -0.05) is 115 Å². The summed E-state index contributed by atoms with van der Waals surface area (Å²) in [6.45, 7) is 0. The third-order valence-corrected chi connectivity index (χ3v) is 9.93. The second-order valence-corrected chi connectivity index (χ2v) is 11.6. The molecule has 41 heavy (non-hydrogen) atoms. The molecule has 0 radical (unpaired) electrons. The number of benzene rings is 7. The van der Waals surface area contributed by atoms with E-state index >= 15 is 0 Å². The molecule has 2 heteroatoms. The number of para-hydroxylation sites is 3. The van der Waals surface area contributed by atoms with E-state index in [1.54, 1.807) is 0 Å². The van der Waals surface area contributed by atoms with Gasteiger partial charge >= 0.3 is 0 Å². The monoisotopic (exact) mass is 519 g/mol. The molecule has 188 valence electrons. The van der Waals surface area contributed by atoms with Crippen LogP contribution in [0, 0.1) is 0 Å². The number of hydrogen-bond donors (Lipinski definition) is 0. The van der Waals surface area contributed by atoms with Gasteiger partial charge in [-0.25, -0.2) is 0 Å². The van der Waals surface area contributed by atoms with Gasteiger partial charge in [0.1, 0.15) is 11.5 Å². The number of anilines is 3. The Morgan fingerprint density at radius 2 is 0.878 bits per heavy atom. The van der Waals surface area contributed by atoms with Gasteiger partial charge in [0.05, 0.1) is 22.5 Å². The highest BCUT2D eigenvalue weighted by atomic mass is 16.5. The smallest absolute Gasteiger partial charge is 0.132 e. The molecule has 4 heterocycles. The first kappa shape index (κ1) is 20.5. The summed E-state index contributed by atoms with van der Waals surface area (Å²) in [5.41, 5.74) is 13.6. The zero-order valence-electron chi connectivity index (χ0n) is 22.0. The Morgan fingerprint density at radius 1 is 0.390 bits per heavy atom. The molecule has 0 bridgehead atoms. The zero-order chi connectivity index (χ0) is 26.4. The molecule has 0 saturated carbocycles. The lowest BCUT2D eigenvalue weighted by molar-refractivity contribution is 0.434. The van der Waals surface area contributed by atoms with Gasteiger partial charge in [-0.15, -0.1) is 0 Å². The van der Waals surface area contributed by atoms with Crippen LogP contribution in [0.25, 0.3) is 43.8 Å². The number of rotatable bonds is 0. The van der Waals surface area contributed by atoms with E-state index in [2.05, 4.69) is 132 Å². The van der Waals surface area contributed by atoms with Gasteiger partial charge < -0.3 is 9.64 Å². The minimum Gasteiger partial charge on any atom is -0.457 e. The largest absolute Gasteiger partial charge is 0.457 e. The predicted molar refractivity (Wildman–Crippen MR) is 166 cm³/mol. The van der Waals surface area contributed by atoms with Crippen molar-refractivity contribution in [2.24, 2.45) is 0 Å². The molecule has 4 aliphatic rings. The van der Waals surface area contributed by atoms with Gasteiger partial charge in [0.15, 0.2) is 0 Å². The van der Waals surface area contributed by atoms with Crippen molar-refractivity contribution in [3.8, 4) is 33.8 Å². The number of nitrogens with zero attached hydrogens (tertiary/aromatic N) is 1. The highest BCUT2D eigenvalue weighted by Gasteiger charge is 2.54. The van der Waals surface area contributed by atoms with Crippen molar-refractivity contribution in [3.05, 3.63) is 150 Å². The minimum atomic E-state index is -0.529. The normalized spacial score (nSPS) is 15.2. The molecule has 11 rings (SSSR count). The summed E-state index contributed by atoms with van der Waals surface area (Å²) in [6, 6.07) is 47.1. The van der Waals surface area contributed by atoms with Crippen molar-refractivity contribution in [2.75, 3.05) is 4.90 Å². The first-order valence-electron chi connectivity index (χ1n) is 14.3. The Kier molecular flexibility index (Phi) is 3.35. The molecule has 0 N–H and O–H groups in total. The molecule has 0 amide bonds. The van der Waals surface area contributed by atoms with Crippen LogP contribution >= 0.6 is 0 Å². The van der Waals surface area contributed by atoms with Gasteiger partial charge in [-0.05, 0) is 45.2 Å². The molecule has 4 aliphatic heterocycles. The Balaban J connectivity index is 1.48. The summed E-state index contributed by atoms with van der Waals surface area (Å²) < 4.78 is 6.63. The third kappa shape index (κ3) is 2.10. The molecule has 2 nitrogen and oxygen atoms in total. The maximum Gasteiger partial charge on any atom is 0.132 e. The van der Waals surface area contributed by atoms with Crippen LogP contribution in [-0.4, -0.2) is 0 Å². The second-order valence-electron chi connectivity index (χ2n) is 11.6. The Hall–Kier alpha value is -5.34. The molecular formula is C39H21NO. The maximum atomic E-state index is 6.63. The van der Waals surface area contributed by atoms with Gasteiger partial charge in [-0.3, -0.25) is 0 Å². The van der Waals surface area contributed by atoms with E-state index in [9.17, 15) is 0 Å². The topological polar surface area (TPSA) is 12.5 Å². The summed E-state index contributed by atoms with van der Waals surface area (Å²) >= 11 is 0. The Labute approximate surface area is 236 Å². The van der Waals surface area contributed by atoms with E-state index < -0.39 is 5.41 Å². The lowest BCUT2D eigenvalue weighted by atomic mass is 9.59. The number of ether oxygens (including phenoxy) is 1. The summed E-state index contributed by atoms with van der Waals surface area (Å²) in [5, 5.41) is 5.21. The third-order valence-electron chi connectivity index (χ3n) is 9.93. The number of hydrogen-bond acceptors (Lipinski definition) is 2. The fourth-order valence-electron chi connectivity index (χ4n) is 8.51. The zero-order valence-corrected chi connectivity index (χ0v) is 22.0. The SMILES string of the molecule is c1ccc2c(c1)Oc1ccccc1C21c2ccc3cccc4c3c2N2c3c-4cccc3-c3cccc4ccc1c2c34. The van der Waals surface area contributed by atoms with Crippen LogP contribution in [0.15, 0.2) is 127 Å². The van der Waals surface area contributed by atoms with Crippen LogP contribution in [0.1, 0.15) is 22.3 Å². The molecule has 0 saturated heterocycles. The quantitative estimate of drug-likeness (QED) is 0.198. The van der Waals surface area contributed by atoms with Crippen molar-refractivity contribution >= 4 is 38.6 Å². The predicted octanol–water partition coefficient (Wildman–Crippen LogP) is 10.2. The molecule has 0 unspecified atom stereocenters. The average molecular weight is 520 g/mol. The van der Waals surface area contributed by atoms with Crippen LogP contribution < -0.4 is 9.64 Å². The highest BCUT2D eigenvalue weighted by Crippen LogP contribution is 2.69. The average Bonchev–Trinajstić information content (AvgIpc) is 3.03. The Morgan fingerprint density at radius 3 is 1.44 bits per heavy atom. The van der Waals surface area contributed by atoms with Crippen molar-refractivity contribution in [2.45, 2.75) is 5.41 Å². The van der Waals surface area contributed by atoms with Crippen molar-refractivity contribution in [1.82, 2.24) is 0 Å². The minimum absolute atomic E-state index is 0.529. The molecule has 0 aromatic heterocycles. The van der Waals surface area contributed by atoms with Gasteiger partial charge in [-0.2, -0.15) is 0 Å². The first-order chi connectivity index (χ1) is 20.4. The highest BCUT2D eigenvalue weighted by molar-refractivity contribution is 6.25. The van der Waals surface area contributed by atoms with Gasteiger partial charge in [0.2, 0.25) is 0 Å². The van der Waals surface area contributed by atoms with Crippen molar-refractivity contribution < 1.29 is 4.74 Å². The Bertz CT molecular complexity index is 2200. The fourth-order valence-corrected chi connectivity index (χ4v) is 8.51. The molecule has 0 aliphatic carbocycles. The summed E-state index contributed by atoms with van der Waals surface area (Å²) in [7, 11) is 0. The molecule has 7 aromatic rings. The molecule has 1 spiro atoms. The molecule has 0 atom stereocenters.